The van der Waals surface area contributed by atoms with Crippen LogP contribution in [0.3, 0.4) is 0 Å². The van der Waals surface area contributed by atoms with E-state index in [1.54, 1.807) is 0 Å². The smallest absolute Gasteiger partial charge is 0.316 e. The number of nitrogens with one attached hydrogen (secondary N) is 1. The van der Waals surface area contributed by atoms with Gasteiger partial charge in [0.1, 0.15) is 0 Å². The molecule has 1 aromatic heterocycles. The molecule has 1 saturated carbocycles. The number of amides is 2. The van der Waals surface area contributed by atoms with Crippen LogP contribution in [0.25, 0.3) is 0 Å². The summed E-state index contributed by atoms with van der Waals surface area (Å²) < 4.78 is 0. The molecule has 18 heavy (non-hydrogen) atoms. The largest absolute Gasteiger partial charge is 0.351 e. The van der Waals surface area contributed by atoms with Crippen molar-refractivity contribution in [3.63, 3.8) is 0 Å². The van der Waals surface area contributed by atoms with Crippen molar-refractivity contribution >= 4 is 11.7 Å². The number of rotatable bonds is 1. The number of nitrogens with zero attached hydrogens (tertiary/aromatic N) is 1. The first-order chi connectivity index (χ1) is 8.70. The van der Waals surface area contributed by atoms with Gasteiger partial charge >= 0.3 is 6.03 Å². The van der Waals surface area contributed by atoms with Crippen LogP contribution in [-0.4, -0.2) is 11.0 Å². The Morgan fingerprint density at radius 3 is 2.72 bits per heavy atom. The summed E-state index contributed by atoms with van der Waals surface area (Å²) in [6, 6.07) is -0.450. The number of hydrogen-bond acceptors (Lipinski definition) is 2. The fourth-order valence-corrected chi connectivity index (χ4v) is 3.70. The summed E-state index contributed by atoms with van der Waals surface area (Å²) in [7, 11) is 0. The zero-order valence-electron chi connectivity index (χ0n) is 10.4. The number of pyridine rings is 1. The molecule has 4 heteroatoms. The number of nitrogens with two attached hydrogens (primary N) is 1. The third kappa shape index (κ3) is 1.26. The maximum atomic E-state index is 11.2. The van der Waals surface area contributed by atoms with Gasteiger partial charge in [0.25, 0.3) is 0 Å². The van der Waals surface area contributed by atoms with E-state index in [-0.39, 0.29) is 0 Å². The molecule has 0 aromatic carbocycles. The van der Waals surface area contributed by atoms with Crippen LogP contribution in [0.4, 0.5) is 10.5 Å². The minimum absolute atomic E-state index is 0.362. The molecular formula is C14H17N3O. The number of fused-ring (bicyclic) bond motifs is 3. The third-order valence-electron chi connectivity index (χ3n) is 4.78. The minimum atomic E-state index is -0.450. The van der Waals surface area contributed by atoms with Crippen molar-refractivity contribution in [1.29, 1.82) is 0 Å². The Morgan fingerprint density at radius 2 is 2.00 bits per heavy atom. The van der Waals surface area contributed by atoms with Gasteiger partial charge in [0.2, 0.25) is 0 Å². The van der Waals surface area contributed by atoms with Gasteiger partial charge in [-0.3, -0.25) is 4.98 Å². The van der Waals surface area contributed by atoms with E-state index in [4.69, 9.17) is 10.7 Å². The summed E-state index contributed by atoms with van der Waals surface area (Å²) in [4.78, 5) is 16.2. The number of carbonyl (C=O) groups excluding carboxylic acids is 1. The normalized spacial score (nSPS) is 21.8. The van der Waals surface area contributed by atoms with E-state index < -0.39 is 6.03 Å². The molecule has 0 aliphatic heterocycles. The second-order valence-corrected chi connectivity index (χ2v) is 5.86. The topological polar surface area (TPSA) is 68.0 Å². The van der Waals surface area contributed by atoms with Gasteiger partial charge in [-0.15, -0.1) is 0 Å². The third-order valence-corrected chi connectivity index (χ3v) is 4.78. The fraction of sp³-hybridized carbons (Fsp3) is 0.571. The maximum Gasteiger partial charge on any atom is 0.316 e. The summed E-state index contributed by atoms with van der Waals surface area (Å²) >= 11 is 0. The summed E-state index contributed by atoms with van der Waals surface area (Å²) in [6.45, 7) is 0. The van der Waals surface area contributed by atoms with Gasteiger partial charge in [0.05, 0.1) is 11.4 Å². The zero-order valence-corrected chi connectivity index (χ0v) is 10.4. The number of carbonyl (C=O) groups is 1. The van der Waals surface area contributed by atoms with Crippen LogP contribution in [-0.2, 0) is 24.7 Å². The van der Waals surface area contributed by atoms with E-state index in [9.17, 15) is 4.79 Å². The summed E-state index contributed by atoms with van der Waals surface area (Å²) in [5.74, 6) is 0. The van der Waals surface area contributed by atoms with Crippen LogP contribution < -0.4 is 11.1 Å². The minimum Gasteiger partial charge on any atom is -0.351 e. The molecule has 1 fully saturated rings. The van der Waals surface area contributed by atoms with E-state index >= 15 is 0 Å². The first-order valence-electron chi connectivity index (χ1n) is 6.81. The lowest BCUT2D eigenvalue weighted by Gasteiger charge is -2.15. The van der Waals surface area contributed by atoms with E-state index in [2.05, 4.69) is 5.32 Å². The van der Waals surface area contributed by atoms with Crippen molar-refractivity contribution < 1.29 is 4.79 Å². The van der Waals surface area contributed by atoms with Crippen molar-refractivity contribution in [3.8, 4) is 0 Å². The molecule has 0 radical (unpaired) electrons. The van der Waals surface area contributed by atoms with Crippen molar-refractivity contribution in [2.75, 3.05) is 5.32 Å². The summed E-state index contributed by atoms with van der Waals surface area (Å²) in [5.41, 5.74) is 11.7. The highest BCUT2D eigenvalue weighted by Gasteiger charge is 2.51. The Labute approximate surface area is 106 Å². The first-order valence-corrected chi connectivity index (χ1v) is 6.81. The van der Waals surface area contributed by atoms with Crippen LogP contribution in [0, 0.1) is 0 Å². The van der Waals surface area contributed by atoms with Gasteiger partial charge in [-0.2, -0.15) is 0 Å². The van der Waals surface area contributed by atoms with Gasteiger partial charge in [-0.1, -0.05) is 0 Å². The molecule has 0 saturated heterocycles. The van der Waals surface area contributed by atoms with Gasteiger partial charge < -0.3 is 11.1 Å². The number of urea groups is 1. The van der Waals surface area contributed by atoms with Gasteiger partial charge in [0, 0.05) is 11.1 Å². The molecule has 3 aliphatic carbocycles. The van der Waals surface area contributed by atoms with Gasteiger partial charge in [-0.05, 0) is 56.1 Å². The molecule has 1 aromatic rings. The van der Waals surface area contributed by atoms with Crippen LogP contribution in [0.15, 0.2) is 0 Å². The number of hydrogen-bond donors (Lipinski definition) is 2. The predicted molar refractivity (Wildman–Crippen MR) is 68.7 cm³/mol. The van der Waals surface area contributed by atoms with Gasteiger partial charge in [0.15, 0.2) is 0 Å². The standard InChI is InChI=1S/C14H17N3O/c15-13(18)17-11-8-2-1-3-10(8)16-12-9(11)4-5-14(12)6-7-14/h1-7H2,(H3,15,16,17,18). The maximum absolute atomic E-state index is 11.2. The fourth-order valence-electron chi connectivity index (χ4n) is 3.70. The molecular weight excluding hydrogens is 226 g/mol. The van der Waals surface area contributed by atoms with E-state index in [0.29, 0.717) is 5.41 Å². The highest BCUT2D eigenvalue weighted by Crippen LogP contribution is 2.58. The Morgan fingerprint density at radius 1 is 1.17 bits per heavy atom. The second-order valence-electron chi connectivity index (χ2n) is 5.86. The van der Waals surface area contributed by atoms with E-state index in [0.717, 1.165) is 31.4 Å². The lowest BCUT2D eigenvalue weighted by molar-refractivity contribution is 0.259. The SMILES string of the molecule is NC(=O)Nc1c2c(nc3c1CCC31CC1)CCC2. The van der Waals surface area contributed by atoms with Crippen molar-refractivity contribution in [2.24, 2.45) is 5.73 Å². The molecule has 2 amide bonds. The molecule has 4 rings (SSSR count). The van der Waals surface area contributed by atoms with E-state index in [1.165, 1.54) is 41.8 Å². The molecule has 94 valence electrons. The molecule has 3 aliphatic rings. The number of primary amides is 1. The van der Waals surface area contributed by atoms with Crippen molar-refractivity contribution in [1.82, 2.24) is 4.98 Å². The highest BCUT2D eigenvalue weighted by molar-refractivity contribution is 5.90. The van der Waals surface area contributed by atoms with E-state index in [1.807, 2.05) is 0 Å². The first kappa shape index (κ1) is 10.4. The molecule has 0 atom stereocenters. The Balaban J connectivity index is 1.92. The lowest BCUT2D eigenvalue weighted by Crippen LogP contribution is -2.22. The molecule has 0 bridgehead atoms. The molecule has 1 heterocycles. The lowest BCUT2D eigenvalue weighted by atomic mass is 10.0. The monoisotopic (exact) mass is 243 g/mol. The van der Waals surface area contributed by atoms with Crippen LogP contribution >= 0.6 is 0 Å². The second kappa shape index (κ2) is 3.25. The van der Waals surface area contributed by atoms with Crippen LogP contribution in [0.5, 0.6) is 0 Å². The molecule has 0 unspecified atom stereocenters. The quantitative estimate of drug-likeness (QED) is 0.792. The average Bonchev–Trinajstić information content (AvgIpc) is 2.81. The zero-order chi connectivity index (χ0) is 12.3. The van der Waals surface area contributed by atoms with Crippen molar-refractivity contribution in [3.05, 3.63) is 22.5 Å². The number of anilines is 1. The van der Waals surface area contributed by atoms with Crippen molar-refractivity contribution in [2.45, 2.75) is 50.4 Å². The van der Waals surface area contributed by atoms with Crippen LogP contribution in [0.2, 0.25) is 0 Å². The summed E-state index contributed by atoms with van der Waals surface area (Å²) in [5, 5.41) is 2.87. The summed E-state index contributed by atoms with van der Waals surface area (Å²) in [6.07, 6.45) is 8.00. The Hall–Kier alpha value is -1.58. The Bertz CT molecular complexity index is 561. The number of aromatic nitrogens is 1. The highest BCUT2D eigenvalue weighted by atomic mass is 16.2. The predicted octanol–water partition coefficient (Wildman–Crippen LogP) is 2.04. The average molecular weight is 243 g/mol. The van der Waals surface area contributed by atoms with Crippen LogP contribution in [0.1, 0.15) is 48.2 Å². The molecule has 3 N–H and O–H groups in total. The molecule has 4 nitrogen and oxygen atoms in total. The van der Waals surface area contributed by atoms with Gasteiger partial charge in [-0.25, -0.2) is 4.79 Å². The number of aryl methyl sites for hydroxylation is 1. The Kier molecular flexibility index (Phi) is 1.87. The molecule has 1 spiro atoms.